The van der Waals surface area contributed by atoms with Crippen LogP contribution in [-0.2, 0) is 19.1 Å². The maximum atomic E-state index is 12.5. The van der Waals surface area contributed by atoms with Crippen LogP contribution in [0.15, 0.2) is 0 Å². The Morgan fingerprint density at radius 1 is 1.14 bits per heavy atom. The van der Waals surface area contributed by atoms with Gasteiger partial charge >= 0.3 is 5.97 Å². The molecule has 1 amide bonds. The third-order valence-corrected chi connectivity index (χ3v) is 3.82. The Balaban J connectivity index is 2.47. The van der Waals surface area contributed by atoms with Crippen LogP contribution in [0.2, 0.25) is 0 Å². The molecule has 0 radical (unpaired) electrons. The minimum Gasteiger partial charge on any atom is -0.469 e. The lowest BCUT2D eigenvalue weighted by Gasteiger charge is -2.29. The fourth-order valence-corrected chi connectivity index (χ4v) is 2.61. The van der Waals surface area contributed by atoms with Gasteiger partial charge in [-0.05, 0) is 12.8 Å². The molecule has 0 bridgehead atoms. The van der Waals surface area contributed by atoms with E-state index in [2.05, 4.69) is 4.74 Å². The van der Waals surface area contributed by atoms with Crippen LogP contribution in [0.5, 0.6) is 0 Å². The highest BCUT2D eigenvalue weighted by Gasteiger charge is 2.26. The zero-order valence-corrected chi connectivity index (χ0v) is 12.9. The Kier molecular flexibility index (Phi) is 9.01. The summed E-state index contributed by atoms with van der Waals surface area (Å²) in [5.74, 6) is -0.117. The summed E-state index contributed by atoms with van der Waals surface area (Å²) >= 11 is 0. The lowest BCUT2D eigenvalue weighted by Crippen LogP contribution is -2.40. The lowest BCUT2D eigenvalue weighted by molar-refractivity contribution is -0.143. The van der Waals surface area contributed by atoms with Crippen molar-refractivity contribution in [2.45, 2.75) is 38.5 Å². The van der Waals surface area contributed by atoms with E-state index in [1.165, 1.54) is 13.5 Å². The van der Waals surface area contributed by atoms with E-state index in [0.717, 1.165) is 25.7 Å². The van der Waals surface area contributed by atoms with E-state index in [-0.39, 0.29) is 37.4 Å². The molecule has 0 heterocycles. The first-order valence-electron chi connectivity index (χ1n) is 7.73. The fourth-order valence-electron chi connectivity index (χ4n) is 2.61. The van der Waals surface area contributed by atoms with Gasteiger partial charge in [-0.1, -0.05) is 19.3 Å². The molecule has 6 heteroatoms. The molecule has 0 atom stereocenters. The van der Waals surface area contributed by atoms with Crippen molar-refractivity contribution in [2.24, 2.45) is 5.92 Å². The third kappa shape index (κ3) is 6.91. The van der Waals surface area contributed by atoms with Gasteiger partial charge in [0.15, 0.2) is 0 Å². The van der Waals surface area contributed by atoms with Crippen LogP contribution >= 0.6 is 0 Å². The zero-order chi connectivity index (χ0) is 15.5. The third-order valence-electron chi connectivity index (χ3n) is 3.82. The average molecular weight is 301 g/mol. The van der Waals surface area contributed by atoms with Gasteiger partial charge in [0.2, 0.25) is 5.91 Å². The number of aliphatic hydroxyl groups is 1. The Labute approximate surface area is 126 Å². The van der Waals surface area contributed by atoms with Crippen molar-refractivity contribution in [3.05, 3.63) is 0 Å². The molecule has 21 heavy (non-hydrogen) atoms. The van der Waals surface area contributed by atoms with E-state index in [9.17, 15) is 9.59 Å². The Morgan fingerprint density at radius 3 is 2.48 bits per heavy atom. The molecular weight excluding hydrogens is 274 g/mol. The number of methoxy groups -OCH3 is 1. The van der Waals surface area contributed by atoms with Crippen LogP contribution in [0.4, 0.5) is 0 Å². The maximum absolute atomic E-state index is 12.5. The van der Waals surface area contributed by atoms with Crippen molar-refractivity contribution in [2.75, 3.05) is 40.0 Å². The predicted molar refractivity (Wildman–Crippen MR) is 77.7 cm³/mol. The summed E-state index contributed by atoms with van der Waals surface area (Å²) in [6, 6.07) is 0. The Morgan fingerprint density at radius 2 is 1.86 bits per heavy atom. The number of ether oxygens (including phenoxy) is 2. The summed E-state index contributed by atoms with van der Waals surface area (Å²) in [6.07, 6.45) is 5.47. The molecule has 1 saturated carbocycles. The van der Waals surface area contributed by atoms with Gasteiger partial charge < -0.3 is 19.5 Å². The van der Waals surface area contributed by atoms with Gasteiger partial charge in [0.25, 0.3) is 0 Å². The predicted octanol–water partition coefficient (Wildman–Crippen LogP) is 0.967. The number of esters is 1. The molecule has 0 aliphatic heterocycles. The van der Waals surface area contributed by atoms with Crippen LogP contribution in [0.3, 0.4) is 0 Å². The molecule has 0 aromatic heterocycles. The van der Waals surface area contributed by atoms with E-state index < -0.39 is 0 Å². The first-order chi connectivity index (χ1) is 10.2. The summed E-state index contributed by atoms with van der Waals surface area (Å²) in [4.78, 5) is 25.5. The maximum Gasteiger partial charge on any atom is 0.307 e. The molecule has 0 spiro atoms. The van der Waals surface area contributed by atoms with Crippen LogP contribution in [0, 0.1) is 5.92 Å². The average Bonchev–Trinajstić information content (AvgIpc) is 2.54. The van der Waals surface area contributed by atoms with Gasteiger partial charge in [0.1, 0.15) is 0 Å². The summed E-state index contributed by atoms with van der Waals surface area (Å²) in [5, 5.41) is 8.69. The lowest BCUT2D eigenvalue weighted by atomic mass is 9.88. The molecule has 1 N–H and O–H groups in total. The number of hydrogen-bond acceptors (Lipinski definition) is 5. The van der Waals surface area contributed by atoms with E-state index in [1.54, 1.807) is 4.90 Å². The van der Waals surface area contributed by atoms with Crippen molar-refractivity contribution in [3.63, 3.8) is 0 Å². The summed E-state index contributed by atoms with van der Waals surface area (Å²) in [7, 11) is 1.35. The molecular formula is C15H27NO5. The number of amides is 1. The topological polar surface area (TPSA) is 76.1 Å². The van der Waals surface area contributed by atoms with Crippen LogP contribution < -0.4 is 0 Å². The SMILES string of the molecule is COC(=O)CCN(CCOCCO)C(=O)C1CCCCC1. The van der Waals surface area contributed by atoms with E-state index in [0.29, 0.717) is 19.7 Å². The van der Waals surface area contributed by atoms with Crippen LogP contribution in [0.25, 0.3) is 0 Å². The molecule has 0 aromatic rings. The second-order valence-corrected chi connectivity index (χ2v) is 5.32. The molecule has 0 aromatic carbocycles. The van der Waals surface area contributed by atoms with E-state index in [4.69, 9.17) is 9.84 Å². The smallest absolute Gasteiger partial charge is 0.307 e. The van der Waals surface area contributed by atoms with Crippen molar-refractivity contribution < 1.29 is 24.2 Å². The van der Waals surface area contributed by atoms with Crippen LogP contribution in [-0.4, -0.2) is 61.9 Å². The van der Waals surface area contributed by atoms with Gasteiger partial charge in [-0.15, -0.1) is 0 Å². The number of nitrogens with zero attached hydrogens (tertiary/aromatic N) is 1. The number of carbonyl (C=O) groups is 2. The monoisotopic (exact) mass is 301 g/mol. The Hall–Kier alpha value is -1.14. The second kappa shape index (κ2) is 10.6. The number of aliphatic hydroxyl groups excluding tert-OH is 1. The number of hydrogen-bond donors (Lipinski definition) is 1. The van der Waals surface area contributed by atoms with E-state index in [1.807, 2.05) is 0 Å². The molecule has 1 aliphatic rings. The largest absolute Gasteiger partial charge is 0.469 e. The quantitative estimate of drug-likeness (QED) is 0.507. The van der Waals surface area contributed by atoms with Gasteiger partial charge in [0.05, 0.1) is 33.4 Å². The zero-order valence-electron chi connectivity index (χ0n) is 12.9. The van der Waals surface area contributed by atoms with Crippen molar-refractivity contribution in [3.8, 4) is 0 Å². The highest BCUT2D eigenvalue weighted by molar-refractivity contribution is 5.79. The van der Waals surface area contributed by atoms with Gasteiger partial charge in [-0.25, -0.2) is 0 Å². The molecule has 1 fully saturated rings. The molecule has 122 valence electrons. The molecule has 1 rings (SSSR count). The van der Waals surface area contributed by atoms with Crippen molar-refractivity contribution in [1.29, 1.82) is 0 Å². The fraction of sp³-hybridized carbons (Fsp3) is 0.867. The molecule has 0 unspecified atom stereocenters. The Bertz CT molecular complexity index is 315. The van der Waals surface area contributed by atoms with Crippen LogP contribution in [0.1, 0.15) is 38.5 Å². The summed E-state index contributed by atoms with van der Waals surface area (Å²) in [5.41, 5.74) is 0. The minimum atomic E-state index is -0.312. The summed E-state index contributed by atoms with van der Waals surface area (Å²) in [6.45, 7) is 1.43. The normalized spacial score (nSPS) is 15.7. The highest BCUT2D eigenvalue weighted by Crippen LogP contribution is 2.25. The first-order valence-corrected chi connectivity index (χ1v) is 7.73. The number of rotatable bonds is 9. The van der Waals surface area contributed by atoms with Crippen molar-refractivity contribution >= 4 is 11.9 Å². The van der Waals surface area contributed by atoms with E-state index >= 15 is 0 Å². The molecule has 0 saturated heterocycles. The van der Waals surface area contributed by atoms with Crippen molar-refractivity contribution in [1.82, 2.24) is 4.90 Å². The molecule has 1 aliphatic carbocycles. The highest BCUT2D eigenvalue weighted by atomic mass is 16.5. The summed E-state index contributed by atoms with van der Waals surface area (Å²) < 4.78 is 9.85. The second-order valence-electron chi connectivity index (χ2n) is 5.32. The minimum absolute atomic E-state index is 0.0290. The standard InChI is InChI=1S/C15H27NO5/c1-20-14(18)7-8-16(9-11-21-12-10-17)15(19)13-5-3-2-4-6-13/h13,17H,2-12H2,1H3. The van der Waals surface area contributed by atoms with Gasteiger partial charge in [-0.3, -0.25) is 9.59 Å². The van der Waals surface area contributed by atoms with Gasteiger partial charge in [-0.2, -0.15) is 0 Å². The molecule has 6 nitrogen and oxygen atoms in total. The first kappa shape index (κ1) is 17.9. The number of carbonyl (C=O) groups excluding carboxylic acids is 2. The van der Waals surface area contributed by atoms with Gasteiger partial charge in [0, 0.05) is 19.0 Å².